The summed E-state index contributed by atoms with van der Waals surface area (Å²) in [4.78, 5) is 19.5. The molecule has 0 saturated carbocycles. The van der Waals surface area contributed by atoms with Gasteiger partial charge in [0.05, 0.1) is 5.69 Å². The average Bonchev–Trinajstić information content (AvgIpc) is 2.48. The third-order valence-corrected chi connectivity index (χ3v) is 5.04. The molecule has 6 heteroatoms. The molecule has 118 valence electrons. The summed E-state index contributed by atoms with van der Waals surface area (Å²) < 4.78 is 0. The molecule has 3 nitrogen and oxygen atoms in total. The highest BCUT2D eigenvalue weighted by atomic mass is 35.5. The van der Waals surface area contributed by atoms with E-state index in [0.29, 0.717) is 27.2 Å². The first-order chi connectivity index (χ1) is 10.5. The van der Waals surface area contributed by atoms with Gasteiger partial charge in [-0.05, 0) is 31.0 Å². The van der Waals surface area contributed by atoms with E-state index in [1.807, 2.05) is 0 Å². The summed E-state index contributed by atoms with van der Waals surface area (Å²) in [6.45, 7) is 3.91. The van der Waals surface area contributed by atoms with Crippen LogP contribution in [0.5, 0.6) is 0 Å². The zero-order valence-corrected chi connectivity index (χ0v) is 14.9. The van der Waals surface area contributed by atoms with Crippen LogP contribution >= 0.6 is 35.0 Å². The summed E-state index contributed by atoms with van der Waals surface area (Å²) in [6, 6.07) is 5.39. The van der Waals surface area contributed by atoms with E-state index in [4.69, 9.17) is 23.2 Å². The van der Waals surface area contributed by atoms with Gasteiger partial charge in [-0.15, -0.1) is 0 Å². The van der Waals surface area contributed by atoms with E-state index in [1.165, 1.54) is 0 Å². The number of halogens is 2. The van der Waals surface area contributed by atoms with Crippen LogP contribution in [-0.4, -0.2) is 15.7 Å². The van der Waals surface area contributed by atoms with Crippen LogP contribution in [-0.2, 0) is 6.42 Å². The van der Waals surface area contributed by atoms with Crippen LogP contribution in [0, 0.1) is 6.92 Å². The van der Waals surface area contributed by atoms with Crippen molar-refractivity contribution >= 4 is 35.0 Å². The summed E-state index contributed by atoms with van der Waals surface area (Å²) in [5.41, 5.74) is 2.03. The molecule has 1 heterocycles. The van der Waals surface area contributed by atoms with Gasteiger partial charge in [0.25, 0.3) is 5.56 Å². The Labute approximate surface area is 144 Å². The van der Waals surface area contributed by atoms with Crippen LogP contribution in [0.1, 0.15) is 36.6 Å². The van der Waals surface area contributed by atoms with Gasteiger partial charge in [0.1, 0.15) is 0 Å². The molecule has 22 heavy (non-hydrogen) atoms. The fourth-order valence-electron chi connectivity index (χ4n) is 1.98. The van der Waals surface area contributed by atoms with Crippen molar-refractivity contribution in [2.75, 3.05) is 5.75 Å². The molecule has 0 aliphatic carbocycles. The molecule has 2 aromatic rings. The molecule has 1 N–H and O–H groups in total. The molecular formula is C16H18Cl2N2OS. The summed E-state index contributed by atoms with van der Waals surface area (Å²) in [7, 11) is 0. The minimum absolute atomic E-state index is 0.104. The van der Waals surface area contributed by atoms with E-state index >= 15 is 0 Å². The average molecular weight is 357 g/mol. The van der Waals surface area contributed by atoms with Crippen molar-refractivity contribution in [1.82, 2.24) is 9.97 Å². The van der Waals surface area contributed by atoms with E-state index < -0.39 is 0 Å². The second-order valence-corrected chi connectivity index (χ2v) is 6.92. The topological polar surface area (TPSA) is 45.8 Å². The number of thioether (sulfide) groups is 1. The highest BCUT2D eigenvalue weighted by Crippen LogP contribution is 2.27. The second-order valence-electron chi connectivity index (χ2n) is 5.02. The molecule has 0 unspecified atom stereocenters. The molecule has 0 aliphatic rings. The lowest BCUT2D eigenvalue weighted by Gasteiger charge is -2.10. The highest BCUT2D eigenvalue weighted by molar-refractivity contribution is 7.99. The Morgan fingerprint density at radius 3 is 2.59 bits per heavy atom. The van der Waals surface area contributed by atoms with Gasteiger partial charge >= 0.3 is 0 Å². The molecule has 0 aliphatic heterocycles. The van der Waals surface area contributed by atoms with Gasteiger partial charge in [0.2, 0.25) is 0 Å². The van der Waals surface area contributed by atoms with Crippen molar-refractivity contribution in [2.24, 2.45) is 0 Å². The van der Waals surface area contributed by atoms with E-state index in [2.05, 4.69) is 16.9 Å². The zero-order valence-electron chi connectivity index (χ0n) is 12.6. The molecule has 0 saturated heterocycles. The number of H-pyrrole nitrogens is 1. The van der Waals surface area contributed by atoms with Crippen LogP contribution in [0.2, 0.25) is 10.0 Å². The highest BCUT2D eigenvalue weighted by Gasteiger charge is 2.13. The van der Waals surface area contributed by atoms with E-state index in [9.17, 15) is 4.79 Å². The molecule has 2 rings (SSSR count). The lowest BCUT2D eigenvalue weighted by molar-refractivity contribution is 0.849. The predicted molar refractivity (Wildman–Crippen MR) is 94.5 cm³/mol. The summed E-state index contributed by atoms with van der Waals surface area (Å²) in [5.74, 6) is 0.939. The van der Waals surface area contributed by atoms with E-state index in [-0.39, 0.29) is 5.56 Å². The number of rotatable bonds is 6. The van der Waals surface area contributed by atoms with Crippen molar-refractivity contribution in [1.29, 1.82) is 0 Å². The Bertz CT molecular complexity index is 696. The van der Waals surface area contributed by atoms with Crippen LogP contribution < -0.4 is 5.56 Å². The van der Waals surface area contributed by atoms with Gasteiger partial charge < -0.3 is 4.98 Å². The standard InChI is InChI=1S/C16H18Cl2N2OS/c1-3-4-8-22-16-19-14(10(2)15(21)20-16)9-11-12(17)6-5-7-13(11)18/h5-7H,3-4,8-9H2,1-2H3,(H,19,20,21). The van der Waals surface area contributed by atoms with Crippen molar-refractivity contribution < 1.29 is 0 Å². The Morgan fingerprint density at radius 1 is 1.27 bits per heavy atom. The largest absolute Gasteiger partial charge is 0.301 e. The van der Waals surface area contributed by atoms with Gasteiger partial charge in [0, 0.05) is 27.8 Å². The third-order valence-electron chi connectivity index (χ3n) is 3.37. The van der Waals surface area contributed by atoms with Crippen LogP contribution in [0.25, 0.3) is 0 Å². The number of benzene rings is 1. The lowest BCUT2D eigenvalue weighted by Crippen LogP contribution is -2.16. The predicted octanol–water partition coefficient (Wildman–Crippen LogP) is 4.87. The van der Waals surface area contributed by atoms with Gasteiger partial charge in [-0.25, -0.2) is 4.98 Å². The first-order valence-electron chi connectivity index (χ1n) is 7.18. The number of aromatic nitrogens is 2. The van der Waals surface area contributed by atoms with Crippen molar-refractivity contribution in [3.63, 3.8) is 0 Å². The van der Waals surface area contributed by atoms with Crippen LogP contribution in [0.3, 0.4) is 0 Å². The Kier molecular flexibility index (Phi) is 6.36. The van der Waals surface area contributed by atoms with Crippen molar-refractivity contribution in [2.45, 2.75) is 38.3 Å². The second kappa shape index (κ2) is 8.04. The maximum atomic E-state index is 12.1. The minimum Gasteiger partial charge on any atom is -0.301 e. The third kappa shape index (κ3) is 4.28. The van der Waals surface area contributed by atoms with Gasteiger partial charge in [-0.3, -0.25) is 4.79 Å². The fraction of sp³-hybridized carbons (Fsp3) is 0.375. The van der Waals surface area contributed by atoms with Crippen molar-refractivity contribution in [3.05, 3.63) is 55.4 Å². The van der Waals surface area contributed by atoms with Gasteiger partial charge in [-0.1, -0.05) is 54.4 Å². The Hall–Kier alpha value is -0.970. The molecule has 0 radical (unpaired) electrons. The summed E-state index contributed by atoms with van der Waals surface area (Å²) >= 11 is 14.0. The van der Waals surface area contributed by atoms with Crippen LogP contribution in [0.4, 0.5) is 0 Å². The van der Waals surface area contributed by atoms with Crippen molar-refractivity contribution in [3.8, 4) is 0 Å². The zero-order chi connectivity index (χ0) is 16.1. The van der Waals surface area contributed by atoms with Gasteiger partial charge in [0.15, 0.2) is 5.16 Å². The Morgan fingerprint density at radius 2 is 1.95 bits per heavy atom. The first kappa shape index (κ1) is 17.4. The number of aromatic amines is 1. The molecule has 0 fully saturated rings. The number of nitrogens with one attached hydrogen (secondary N) is 1. The number of nitrogens with zero attached hydrogens (tertiary/aromatic N) is 1. The van der Waals surface area contributed by atoms with E-state index in [1.54, 1.807) is 36.9 Å². The molecule has 0 bridgehead atoms. The monoisotopic (exact) mass is 356 g/mol. The molecule has 0 atom stereocenters. The lowest BCUT2D eigenvalue weighted by atomic mass is 10.1. The number of unbranched alkanes of at least 4 members (excludes halogenated alkanes) is 1. The smallest absolute Gasteiger partial charge is 0.254 e. The molecule has 1 aromatic heterocycles. The maximum absolute atomic E-state index is 12.1. The number of hydrogen-bond donors (Lipinski definition) is 1. The first-order valence-corrected chi connectivity index (χ1v) is 8.92. The minimum atomic E-state index is -0.104. The molecule has 0 spiro atoms. The molecule has 0 amide bonds. The molecular weight excluding hydrogens is 339 g/mol. The SMILES string of the molecule is CCCCSc1nc(Cc2c(Cl)cccc2Cl)c(C)c(=O)[nH]1. The number of hydrogen-bond acceptors (Lipinski definition) is 3. The molecule has 1 aromatic carbocycles. The quantitative estimate of drug-likeness (QED) is 0.456. The summed E-state index contributed by atoms with van der Waals surface area (Å²) in [5, 5.41) is 1.84. The normalized spacial score (nSPS) is 10.9. The summed E-state index contributed by atoms with van der Waals surface area (Å²) in [6.07, 6.45) is 2.66. The van der Waals surface area contributed by atoms with Gasteiger partial charge in [-0.2, -0.15) is 0 Å². The van der Waals surface area contributed by atoms with Crippen LogP contribution in [0.15, 0.2) is 28.2 Å². The Balaban J connectivity index is 2.32. The maximum Gasteiger partial charge on any atom is 0.254 e. The fourth-order valence-corrected chi connectivity index (χ4v) is 3.48. The van der Waals surface area contributed by atoms with E-state index in [0.717, 1.165) is 29.9 Å².